The highest BCUT2D eigenvalue weighted by Gasteiger charge is 2.45. The summed E-state index contributed by atoms with van der Waals surface area (Å²) >= 11 is 12.8. The fraction of sp³-hybridized carbons (Fsp3) is 0.481. The van der Waals surface area contributed by atoms with Crippen LogP contribution in [0.4, 0.5) is 0 Å². The van der Waals surface area contributed by atoms with E-state index in [4.69, 9.17) is 21.1 Å². The first-order valence-corrected chi connectivity index (χ1v) is 18.5. The van der Waals surface area contributed by atoms with E-state index < -0.39 is 14.0 Å². The smallest absolute Gasteiger partial charge is 0.341 e. The Morgan fingerprint density at radius 2 is 1.30 bits per heavy atom. The summed E-state index contributed by atoms with van der Waals surface area (Å²) in [5.74, 6) is -0.850. The molecule has 4 aromatic heterocycles. The van der Waals surface area contributed by atoms with Gasteiger partial charge < -0.3 is 9.47 Å². The summed E-state index contributed by atoms with van der Waals surface area (Å²) < 4.78 is 16.5. The lowest BCUT2D eigenvalue weighted by atomic mass is 10.2. The molecule has 4 rings (SSSR count). The molecule has 0 amide bonds. The molecule has 4 aromatic rings. The van der Waals surface area contributed by atoms with Gasteiger partial charge in [-0.05, 0) is 47.1 Å². The molecule has 4 heterocycles. The number of fused-ring (bicyclic) bond motifs is 2. The van der Waals surface area contributed by atoms with E-state index in [2.05, 4.69) is 53.7 Å². The first-order valence-electron chi connectivity index (χ1n) is 12.6. The number of hydrogen-bond acceptors (Lipinski definition) is 8. The molecule has 0 atom stereocenters. The van der Waals surface area contributed by atoms with Crippen LogP contribution in [-0.2, 0) is 9.47 Å². The molecule has 4 nitrogen and oxygen atoms in total. The summed E-state index contributed by atoms with van der Waals surface area (Å²) in [5, 5.41) is 0. The Bertz CT molecular complexity index is 1400. The van der Waals surface area contributed by atoms with Crippen molar-refractivity contribution in [3.63, 3.8) is 0 Å². The normalized spacial score (nSPS) is 12.5. The van der Waals surface area contributed by atoms with E-state index in [9.17, 15) is 9.59 Å². The van der Waals surface area contributed by atoms with Gasteiger partial charge in [-0.25, -0.2) is 9.59 Å². The predicted octanol–water partition coefficient (Wildman–Crippen LogP) is 9.80. The zero-order valence-electron chi connectivity index (χ0n) is 22.4. The van der Waals surface area contributed by atoms with Crippen LogP contribution in [0.1, 0.15) is 76.1 Å². The average molecular weight is 613 g/mol. The van der Waals surface area contributed by atoms with E-state index in [0.29, 0.717) is 41.5 Å². The molecule has 0 saturated carbocycles. The highest BCUT2D eigenvalue weighted by Crippen LogP contribution is 2.51. The summed E-state index contributed by atoms with van der Waals surface area (Å²) in [7, 11) is -1.75. The zero-order valence-corrected chi connectivity index (χ0v) is 27.5. The lowest BCUT2D eigenvalue weighted by Gasteiger charge is -2.42. The Hall–Kier alpha value is -1.23. The summed E-state index contributed by atoms with van der Waals surface area (Å²) in [4.78, 5) is 27.7. The second-order valence-corrected chi connectivity index (χ2v) is 21.0. The topological polar surface area (TPSA) is 52.6 Å². The van der Waals surface area contributed by atoms with Crippen LogP contribution in [-0.4, -0.2) is 33.2 Å². The van der Waals surface area contributed by atoms with Gasteiger partial charge in [0.25, 0.3) is 0 Å². The van der Waals surface area contributed by atoms with Crippen molar-refractivity contribution >= 4 is 100 Å². The molecule has 37 heavy (non-hydrogen) atoms. The minimum absolute atomic E-state index is 0.257. The Morgan fingerprint density at radius 3 is 1.81 bits per heavy atom. The molecular formula is C27H33ClO4S4Si. The number of ether oxygens (including phenoxy) is 2. The molecule has 200 valence electrons. The van der Waals surface area contributed by atoms with E-state index in [0.717, 1.165) is 9.75 Å². The summed E-state index contributed by atoms with van der Waals surface area (Å²) in [6.07, 6.45) is 0. The fourth-order valence-electron chi connectivity index (χ4n) is 5.86. The van der Waals surface area contributed by atoms with E-state index in [-0.39, 0.29) is 19.2 Å². The van der Waals surface area contributed by atoms with Crippen molar-refractivity contribution < 1.29 is 19.1 Å². The van der Waals surface area contributed by atoms with E-state index >= 15 is 0 Å². The van der Waals surface area contributed by atoms with Gasteiger partial charge in [0.15, 0.2) is 0 Å². The number of hydrogen-bond donors (Lipinski definition) is 0. The number of thiophene rings is 4. The lowest BCUT2D eigenvalue weighted by molar-refractivity contribution is 0.0519. The van der Waals surface area contributed by atoms with E-state index in [1.54, 1.807) is 29.7 Å². The van der Waals surface area contributed by atoms with Crippen LogP contribution in [0.15, 0.2) is 12.1 Å². The van der Waals surface area contributed by atoms with Crippen molar-refractivity contribution in [3.05, 3.63) is 27.6 Å². The van der Waals surface area contributed by atoms with Gasteiger partial charge in [0, 0.05) is 14.3 Å². The van der Waals surface area contributed by atoms with Crippen molar-refractivity contribution in [2.45, 2.75) is 72.0 Å². The van der Waals surface area contributed by atoms with Gasteiger partial charge in [-0.1, -0.05) is 53.1 Å². The Balaban J connectivity index is 1.89. The number of esters is 2. The van der Waals surface area contributed by atoms with Crippen LogP contribution in [0.5, 0.6) is 0 Å². The van der Waals surface area contributed by atoms with Gasteiger partial charge in [-0.3, -0.25) is 0 Å². The van der Waals surface area contributed by atoms with Crippen molar-refractivity contribution in [3.8, 4) is 9.75 Å². The second-order valence-electron chi connectivity index (χ2n) is 10.0. The summed E-state index contributed by atoms with van der Waals surface area (Å²) in [6, 6.07) is 4.62. The Kier molecular flexibility index (Phi) is 8.63. The molecule has 10 heteroatoms. The van der Waals surface area contributed by atoms with Crippen molar-refractivity contribution in [1.82, 2.24) is 0 Å². The van der Waals surface area contributed by atoms with E-state index in [1.807, 2.05) is 11.3 Å². The van der Waals surface area contributed by atoms with Crippen LogP contribution < -0.4 is 4.50 Å². The van der Waals surface area contributed by atoms with Crippen molar-refractivity contribution in [2.75, 3.05) is 13.2 Å². The molecular weight excluding hydrogens is 580 g/mol. The summed E-state index contributed by atoms with van der Waals surface area (Å²) in [5.41, 5.74) is 2.77. The third kappa shape index (κ3) is 4.74. The molecule has 0 unspecified atom stereocenters. The maximum Gasteiger partial charge on any atom is 0.341 e. The third-order valence-electron chi connectivity index (χ3n) is 7.16. The summed E-state index contributed by atoms with van der Waals surface area (Å²) in [6.45, 7) is 18.4. The lowest BCUT2D eigenvalue weighted by Crippen LogP contribution is -2.54. The molecule has 0 saturated heterocycles. The van der Waals surface area contributed by atoms with Crippen LogP contribution >= 0.6 is 56.9 Å². The first kappa shape index (κ1) is 28.8. The molecule has 0 aliphatic heterocycles. The molecule has 0 N–H and O–H groups in total. The van der Waals surface area contributed by atoms with Gasteiger partial charge in [-0.15, -0.1) is 45.3 Å². The van der Waals surface area contributed by atoms with Gasteiger partial charge in [0.05, 0.1) is 33.1 Å². The molecule has 0 bridgehead atoms. The number of carbonyl (C=O) groups is 2. The Morgan fingerprint density at radius 1 is 0.784 bits per heavy atom. The minimum atomic E-state index is -1.75. The Labute approximate surface area is 240 Å². The predicted molar refractivity (Wildman–Crippen MR) is 166 cm³/mol. The SMILES string of the molecule is CCOC(=O)c1c(Cl)sc2c(C(=O)OCC)c(-c3cc4sc([Si](C(C)C)(C(C)C)C(C)C)cc4s3)sc12. The van der Waals surface area contributed by atoms with Crippen LogP contribution in [0, 0.1) is 0 Å². The highest BCUT2D eigenvalue weighted by molar-refractivity contribution is 7.38. The van der Waals surface area contributed by atoms with Crippen molar-refractivity contribution in [1.29, 1.82) is 0 Å². The molecule has 0 spiro atoms. The maximum atomic E-state index is 13.1. The first-order chi connectivity index (χ1) is 17.5. The third-order valence-corrected chi connectivity index (χ3v) is 20.3. The van der Waals surface area contributed by atoms with Crippen LogP contribution in [0.2, 0.25) is 21.0 Å². The quantitative estimate of drug-likeness (QED) is 0.139. The van der Waals surface area contributed by atoms with Gasteiger partial charge in [-0.2, -0.15) is 0 Å². The fourth-order valence-corrected chi connectivity index (χ4v) is 20.5. The van der Waals surface area contributed by atoms with Crippen LogP contribution in [0.3, 0.4) is 0 Å². The average Bonchev–Trinajstić information content (AvgIpc) is 3.51. The van der Waals surface area contributed by atoms with Crippen LogP contribution in [0.25, 0.3) is 28.6 Å². The highest BCUT2D eigenvalue weighted by atomic mass is 35.5. The minimum Gasteiger partial charge on any atom is -0.462 e. The number of rotatable bonds is 9. The monoisotopic (exact) mass is 612 g/mol. The molecule has 0 aliphatic carbocycles. The standard InChI is InChI=1S/C27H33ClO4S4Si/c1-9-31-26(29)20-22(35-24-21(27(30)32-10-2)25(28)36-23(20)24)18-11-16-17(33-18)12-19(34-16)37(13(3)4,14(5)6)15(7)8/h11-15H,9-10H2,1-8H3. The molecule has 0 radical (unpaired) electrons. The van der Waals surface area contributed by atoms with Crippen molar-refractivity contribution in [2.24, 2.45) is 0 Å². The van der Waals surface area contributed by atoms with E-state index in [1.165, 1.54) is 32.1 Å². The van der Waals surface area contributed by atoms with Gasteiger partial charge in [0.2, 0.25) is 0 Å². The molecule has 0 aromatic carbocycles. The van der Waals surface area contributed by atoms with Gasteiger partial charge >= 0.3 is 11.9 Å². The molecule has 0 fully saturated rings. The molecule has 0 aliphatic rings. The number of carbonyl (C=O) groups excluding carboxylic acids is 2. The number of halogens is 1. The largest absolute Gasteiger partial charge is 0.462 e. The second kappa shape index (κ2) is 11.1. The zero-order chi connectivity index (χ0) is 27.2. The van der Waals surface area contributed by atoms with Gasteiger partial charge in [0.1, 0.15) is 18.0 Å². The maximum absolute atomic E-state index is 13.1.